The van der Waals surface area contributed by atoms with Crippen molar-refractivity contribution in [3.05, 3.63) is 0 Å². The molecule has 0 aromatic carbocycles. The number of nitrogens with two attached hydrogens (primary N) is 1. The Morgan fingerprint density at radius 2 is 2.00 bits per heavy atom. The minimum absolute atomic E-state index is 0. The fourth-order valence-corrected chi connectivity index (χ4v) is 0. The molecule has 0 spiro atoms. The SMILES string of the molecule is CC(N)C(=O)O.O. The van der Waals surface area contributed by atoms with Crippen LogP contribution in [0, 0.1) is 0 Å². The Labute approximate surface area is 41.2 Å². The van der Waals surface area contributed by atoms with Crippen LogP contribution in [-0.4, -0.2) is 22.6 Å². The second-order valence-corrected chi connectivity index (χ2v) is 1.13. The third-order valence-corrected chi connectivity index (χ3v) is 0.390. The first-order chi connectivity index (χ1) is 2.64. The smallest absolute Gasteiger partial charge is 0.320 e. The summed E-state index contributed by atoms with van der Waals surface area (Å²) in [7, 11) is 0. The zero-order valence-electron chi connectivity index (χ0n) is 4.01. The minimum Gasteiger partial charge on any atom is -0.480 e. The lowest BCUT2D eigenvalue weighted by Crippen LogP contribution is -2.25. The van der Waals surface area contributed by atoms with Crippen LogP contribution in [0.1, 0.15) is 6.92 Å². The van der Waals surface area contributed by atoms with Gasteiger partial charge in [-0.15, -0.1) is 0 Å². The minimum atomic E-state index is -0.963. The van der Waals surface area contributed by atoms with Gasteiger partial charge in [0.2, 0.25) is 0 Å². The summed E-state index contributed by atoms with van der Waals surface area (Å²) in [5.74, 6) is -0.963. The van der Waals surface area contributed by atoms with Crippen molar-refractivity contribution in [3.63, 3.8) is 0 Å². The van der Waals surface area contributed by atoms with Gasteiger partial charge in [0.05, 0.1) is 0 Å². The van der Waals surface area contributed by atoms with Crippen molar-refractivity contribution in [1.29, 1.82) is 0 Å². The molecule has 5 N–H and O–H groups in total. The van der Waals surface area contributed by atoms with E-state index < -0.39 is 12.0 Å². The Morgan fingerprint density at radius 3 is 2.00 bits per heavy atom. The highest BCUT2D eigenvalue weighted by atomic mass is 16.4. The standard InChI is InChI=1S/C3H7NO2.H2O/c1-2(4)3(5)6;/h2H,4H2,1H3,(H,5,6);1H2. The first-order valence-corrected chi connectivity index (χ1v) is 1.63. The van der Waals surface area contributed by atoms with Crippen LogP contribution in [0.3, 0.4) is 0 Å². The van der Waals surface area contributed by atoms with Crippen molar-refractivity contribution in [1.82, 2.24) is 0 Å². The number of carboxylic acid groups (broad SMARTS) is 1. The van der Waals surface area contributed by atoms with Gasteiger partial charge in [-0.05, 0) is 6.92 Å². The summed E-state index contributed by atoms with van der Waals surface area (Å²) in [5.41, 5.74) is 4.84. The van der Waals surface area contributed by atoms with Gasteiger partial charge < -0.3 is 16.3 Å². The highest BCUT2D eigenvalue weighted by Gasteiger charge is 1.99. The molecule has 0 aliphatic heterocycles. The second kappa shape index (κ2) is 3.58. The Morgan fingerprint density at radius 1 is 1.86 bits per heavy atom. The molecule has 0 heterocycles. The lowest BCUT2D eigenvalue weighted by Gasteiger charge is -1.90. The fourth-order valence-electron chi connectivity index (χ4n) is 0. The molecule has 0 saturated heterocycles. The monoisotopic (exact) mass is 107 g/mol. The van der Waals surface area contributed by atoms with Crippen LogP contribution in [0.2, 0.25) is 0 Å². The van der Waals surface area contributed by atoms with E-state index in [1.165, 1.54) is 6.92 Å². The van der Waals surface area contributed by atoms with Gasteiger partial charge in [0, 0.05) is 0 Å². The molecule has 0 radical (unpaired) electrons. The molecular formula is C3H9NO3. The van der Waals surface area contributed by atoms with Crippen LogP contribution in [0.4, 0.5) is 0 Å². The van der Waals surface area contributed by atoms with Crippen molar-refractivity contribution in [2.24, 2.45) is 5.73 Å². The van der Waals surface area contributed by atoms with Crippen LogP contribution in [0.5, 0.6) is 0 Å². The number of hydrogen-bond donors (Lipinski definition) is 2. The summed E-state index contributed by atoms with van der Waals surface area (Å²) >= 11 is 0. The van der Waals surface area contributed by atoms with E-state index >= 15 is 0 Å². The quantitative estimate of drug-likeness (QED) is 0.431. The highest BCUT2D eigenvalue weighted by molar-refractivity contribution is 5.72. The van der Waals surface area contributed by atoms with Crippen LogP contribution in [0.25, 0.3) is 0 Å². The number of hydrogen-bond acceptors (Lipinski definition) is 2. The van der Waals surface area contributed by atoms with Gasteiger partial charge in [-0.2, -0.15) is 0 Å². The maximum absolute atomic E-state index is 9.57. The molecule has 0 amide bonds. The third-order valence-electron chi connectivity index (χ3n) is 0.390. The maximum atomic E-state index is 9.57. The average molecular weight is 107 g/mol. The number of rotatable bonds is 1. The van der Waals surface area contributed by atoms with Crippen molar-refractivity contribution in [2.45, 2.75) is 13.0 Å². The third kappa shape index (κ3) is 5.39. The zero-order chi connectivity index (χ0) is 5.15. The molecule has 0 fully saturated rings. The summed E-state index contributed by atoms with van der Waals surface area (Å²) in [6.07, 6.45) is 0. The first-order valence-electron chi connectivity index (χ1n) is 1.63. The van der Waals surface area contributed by atoms with Crippen molar-refractivity contribution < 1.29 is 15.4 Å². The van der Waals surface area contributed by atoms with Crippen LogP contribution >= 0.6 is 0 Å². The Hall–Kier alpha value is -0.610. The van der Waals surface area contributed by atoms with Gasteiger partial charge >= 0.3 is 5.97 Å². The Balaban J connectivity index is 0. The normalized spacial score (nSPS) is 11.7. The molecule has 0 aromatic heterocycles. The molecular weight excluding hydrogens is 98.0 g/mol. The molecule has 44 valence electrons. The van der Waals surface area contributed by atoms with Crippen molar-refractivity contribution >= 4 is 5.97 Å². The Bertz CT molecular complexity index is 61.2. The van der Waals surface area contributed by atoms with Crippen molar-refractivity contribution in [3.8, 4) is 0 Å². The van der Waals surface area contributed by atoms with Crippen LogP contribution in [-0.2, 0) is 4.79 Å². The van der Waals surface area contributed by atoms with E-state index in [1.807, 2.05) is 0 Å². The van der Waals surface area contributed by atoms with Crippen LogP contribution < -0.4 is 5.73 Å². The molecule has 7 heavy (non-hydrogen) atoms. The van der Waals surface area contributed by atoms with Gasteiger partial charge in [0.25, 0.3) is 0 Å². The van der Waals surface area contributed by atoms with Crippen LogP contribution in [0.15, 0.2) is 0 Å². The van der Waals surface area contributed by atoms with E-state index in [1.54, 1.807) is 0 Å². The van der Waals surface area contributed by atoms with E-state index in [4.69, 9.17) is 10.8 Å². The van der Waals surface area contributed by atoms with E-state index in [0.29, 0.717) is 0 Å². The lowest BCUT2D eigenvalue weighted by atomic mass is 10.4. The molecule has 0 aliphatic rings. The molecule has 1 unspecified atom stereocenters. The molecule has 4 nitrogen and oxygen atoms in total. The molecule has 0 saturated carbocycles. The van der Waals surface area contributed by atoms with Gasteiger partial charge in [0.15, 0.2) is 0 Å². The number of carbonyl (C=O) groups is 1. The predicted molar refractivity (Wildman–Crippen MR) is 24.9 cm³/mol. The average Bonchev–Trinajstić information content (AvgIpc) is 1.36. The molecule has 4 heteroatoms. The van der Waals surface area contributed by atoms with E-state index in [9.17, 15) is 4.79 Å². The first kappa shape index (κ1) is 9.63. The number of aliphatic carboxylic acids is 1. The van der Waals surface area contributed by atoms with Gasteiger partial charge in [0.1, 0.15) is 6.04 Å². The van der Waals surface area contributed by atoms with Gasteiger partial charge in [-0.3, -0.25) is 4.79 Å². The summed E-state index contributed by atoms with van der Waals surface area (Å²) in [4.78, 5) is 9.57. The molecule has 0 aromatic rings. The molecule has 0 aliphatic carbocycles. The summed E-state index contributed by atoms with van der Waals surface area (Å²) < 4.78 is 0. The summed E-state index contributed by atoms with van der Waals surface area (Å²) in [5, 5.41) is 7.87. The van der Waals surface area contributed by atoms with Gasteiger partial charge in [-0.1, -0.05) is 0 Å². The zero-order valence-corrected chi connectivity index (χ0v) is 4.01. The Kier molecular flexibility index (Phi) is 4.92. The second-order valence-electron chi connectivity index (χ2n) is 1.13. The van der Waals surface area contributed by atoms with Gasteiger partial charge in [-0.25, -0.2) is 0 Å². The largest absolute Gasteiger partial charge is 0.480 e. The number of carboxylic acids is 1. The lowest BCUT2D eigenvalue weighted by molar-refractivity contribution is -0.138. The molecule has 1 atom stereocenters. The molecule has 0 rings (SSSR count). The van der Waals surface area contributed by atoms with Crippen molar-refractivity contribution in [2.75, 3.05) is 0 Å². The summed E-state index contributed by atoms with van der Waals surface area (Å²) in [6, 6.07) is -0.731. The summed E-state index contributed by atoms with van der Waals surface area (Å²) in [6.45, 7) is 1.42. The maximum Gasteiger partial charge on any atom is 0.320 e. The van der Waals surface area contributed by atoms with E-state index in [0.717, 1.165) is 0 Å². The van der Waals surface area contributed by atoms with E-state index in [-0.39, 0.29) is 5.48 Å². The topological polar surface area (TPSA) is 94.8 Å². The predicted octanol–water partition coefficient (Wildman–Crippen LogP) is -1.41. The van der Waals surface area contributed by atoms with E-state index in [2.05, 4.69) is 0 Å². The highest BCUT2D eigenvalue weighted by Crippen LogP contribution is 1.68. The molecule has 0 bridgehead atoms. The fraction of sp³-hybridized carbons (Fsp3) is 0.667.